The van der Waals surface area contributed by atoms with Gasteiger partial charge in [0.1, 0.15) is 11.3 Å². The summed E-state index contributed by atoms with van der Waals surface area (Å²) < 4.78 is 9.60. The van der Waals surface area contributed by atoms with Crippen LogP contribution < -0.4 is 4.74 Å². The maximum absolute atomic E-state index is 12.1. The standard InChI is InChI=1S/C29H30ClN5O3/c1-34-16-27(32-33-34)24-14-25(24)28-26(29(36)37)15-31-35(28)22-9-3-6-19(12-22)20-7-4-10-23(13-20)38-17-18-5-2-8-21(30)11-18/h3-4,6-7,9-10,12-13,15-16,18,21,24-25H,2,5,8,11,14,17H2,1H3,(H,36,37)/t18?,21?,24-,25-/m0/s1. The third-order valence-electron chi connectivity index (χ3n) is 7.64. The van der Waals surface area contributed by atoms with Crippen molar-refractivity contribution in [3.05, 3.63) is 77.9 Å². The molecular formula is C29H30ClN5O3. The molecule has 2 aromatic carbocycles. The van der Waals surface area contributed by atoms with E-state index in [0.717, 1.165) is 60.4 Å². The molecule has 0 bridgehead atoms. The molecule has 2 aliphatic rings. The van der Waals surface area contributed by atoms with Crippen molar-refractivity contribution in [2.75, 3.05) is 6.61 Å². The van der Waals surface area contributed by atoms with Crippen LogP contribution in [-0.2, 0) is 7.05 Å². The van der Waals surface area contributed by atoms with Gasteiger partial charge in [-0.25, -0.2) is 9.48 Å². The lowest BCUT2D eigenvalue weighted by atomic mass is 9.89. The van der Waals surface area contributed by atoms with Crippen molar-refractivity contribution in [3.63, 3.8) is 0 Å². The predicted molar refractivity (Wildman–Crippen MR) is 144 cm³/mol. The van der Waals surface area contributed by atoms with Crippen molar-refractivity contribution in [1.29, 1.82) is 0 Å². The molecule has 2 fully saturated rings. The number of aryl methyl sites for hydroxylation is 1. The molecule has 6 rings (SSSR count). The molecule has 1 N–H and O–H groups in total. The molecule has 2 heterocycles. The number of aromatic carboxylic acids is 1. The van der Waals surface area contributed by atoms with Gasteiger partial charge in [-0.2, -0.15) is 5.10 Å². The third-order valence-corrected chi connectivity index (χ3v) is 8.04. The Hall–Kier alpha value is -3.65. The summed E-state index contributed by atoms with van der Waals surface area (Å²) in [7, 11) is 1.83. The molecular weight excluding hydrogens is 502 g/mol. The Morgan fingerprint density at radius 3 is 2.68 bits per heavy atom. The van der Waals surface area contributed by atoms with Gasteiger partial charge < -0.3 is 9.84 Å². The second-order valence-corrected chi connectivity index (χ2v) is 11.1. The Bertz CT molecular complexity index is 1460. The number of carboxylic acids is 1. The van der Waals surface area contributed by atoms with Gasteiger partial charge in [-0.05, 0) is 67.0 Å². The number of aromatic nitrogens is 5. The van der Waals surface area contributed by atoms with Gasteiger partial charge in [-0.3, -0.25) is 4.68 Å². The minimum absolute atomic E-state index is 0.0213. The maximum Gasteiger partial charge on any atom is 0.339 e. The van der Waals surface area contributed by atoms with Crippen molar-refractivity contribution < 1.29 is 14.6 Å². The maximum atomic E-state index is 12.1. The van der Waals surface area contributed by atoms with Crippen LogP contribution in [0.5, 0.6) is 5.75 Å². The van der Waals surface area contributed by atoms with Crippen molar-refractivity contribution in [2.24, 2.45) is 13.0 Å². The molecule has 0 amide bonds. The second kappa shape index (κ2) is 10.3. The van der Waals surface area contributed by atoms with Crippen molar-refractivity contribution >= 4 is 17.6 Å². The summed E-state index contributed by atoms with van der Waals surface area (Å²) in [5.74, 6) is 0.506. The van der Waals surface area contributed by atoms with E-state index in [4.69, 9.17) is 16.3 Å². The highest BCUT2D eigenvalue weighted by atomic mass is 35.5. The molecule has 2 saturated carbocycles. The molecule has 0 spiro atoms. The van der Waals surface area contributed by atoms with Crippen LogP contribution in [0.4, 0.5) is 0 Å². The predicted octanol–water partition coefficient (Wildman–Crippen LogP) is 5.81. The molecule has 9 heteroatoms. The van der Waals surface area contributed by atoms with Gasteiger partial charge in [0.25, 0.3) is 0 Å². The minimum Gasteiger partial charge on any atom is -0.493 e. The number of rotatable bonds is 8. The average molecular weight is 532 g/mol. The van der Waals surface area contributed by atoms with Gasteiger partial charge >= 0.3 is 5.97 Å². The fourth-order valence-electron chi connectivity index (χ4n) is 5.62. The lowest BCUT2D eigenvalue weighted by molar-refractivity contribution is 0.0695. The molecule has 0 aliphatic heterocycles. The van der Waals surface area contributed by atoms with E-state index in [1.165, 1.54) is 6.20 Å². The highest BCUT2D eigenvalue weighted by molar-refractivity contribution is 6.20. The first-order valence-corrected chi connectivity index (χ1v) is 13.5. The summed E-state index contributed by atoms with van der Waals surface area (Å²) in [6.45, 7) is 0.676. The fraction of sp³-hybridized carbons (Fsp3) is 0.379. The Kier molecular flexibility index (Phi) is 6.66. The molecule has 38 heavy (non-hydrogen) atoms. The van der Waals surface area contributed by atoms with Gasteiger partial charge in [0.2, 0.25) is 0 Å². The number of carbonyl (C=O) groups is 1. The quantitative estimate of drug-likeness (QED) is 0.288. The zero-order chi connectivity index (χ0) is 26.2. The molecule has 0 radical (unpaired) electrons. The molecule has 196 valence electrons. The lowest BCUT2D eigenvalue weighted by Crippen LogP contribution is -2.21. The summed E-state index contributed by atoms with van der Waals surface area (Å²) in [5, 5.41) is 22.9. The first kappa shape index (κ1) is 24.7. The van der Waals surface area contributed by atoms with E-state index in [9.17, 15) is 9.90 Å². The van der Waals surface area contributed by atoms with E-state index in [1.807, 2.05) is 49.6 Å². The lowest BCUT2D eigenvalue weighted by Gasteiger charge is -2.25. The zero-order valence-electron chi connectivity index (χ0n) is 21.2. The third kappa shape index (κ3) is 5.05. The van der Waals surface area contributed by atoms with Crippen LogP contribution in [0.3, 0.4) is 0 Å². The SMILES string of the molecule is Cn1cc([C@H]2C[C@@H]2c2c(C(=O)O)cnn2-c2cccc(-c3cccc(OCC4CCCC(Cl)C4)c3)c2)nn1. The van der Waals surface area contributed by atoms with Gasteiger partial charge in [0.15, 0.2) is 0 Å². The average Bonchev–Trinajstić information content (AvgIpc) is 3.36. The Morgan fingerprint density at radius 2 is 1.92 bits per heavy atom. The largest absolute Gasteiger partial charge is 0.493 e. The van der Waals surface area contributed by atoms with Gasteiger partial charge in [0.05, 0.1) is 29.9 Å². The number of hydrogen-bond donors (Lipinski definition) is 1. The monoisotopic (exact) mass is 531 g/mol. The normalized spacial score (nSPS) is 22.8. The van der Waals surface area contributed by atoms with E-state index < -0.39 is 5.97 Å². The highest BCUT2D eigenvalue weighted by Crippen LogP contribution is 2.55. The minimum atomic E-state index is -0.976. The Balaban J connectivity index is 1.25. The smallest absolute Gasteiger partial charge is 0.339 e. The second-order valence-electron chi connectivity index (χ2n) is 10.4. The summed E-state index contributed by atoms with van der Waals surface area (Å²) in [6.07, 6.45) is 8.58. The molecule has 8 nitrogen and oxygen atoms in total. The Morgan fingerprint density at radius 1 is 1.11 bits per heavy atom. The van der Waals surface area contributed by atoms with Crippen molar-refractivity contribution in [1.82, 2.24) is 24.8 Å². The number of halogens is 1. The van der Waals surface area contributed by atoms with Crippen LogP contribution in [-0.4, -0.2) is 47.8 Å². The van der Waals surface area contributed by atoms with Gasteiger partial charge in [-0.15, -0.1) is 16.7 Å². The van der Waals surface area contributed by atoms with Crippen LogP contribution in [0.15, 0.2) is 60.9 Å². The summed E-state index contributed by atoms with van der Waals surface area (Å²) in [6, 6.07) is 16.1. The topological polar surface area (TPSA) is 95.1 Å². The van der Waals surface area contributed by atoms with E-state index in [0.29, 0.717) is 18.2 Å². The first-order chi connectivity index (χ1) is 18.5. The van der Waals surface area contributed by atoms with Crippen LogP contribution in [0.25, 0.3) is 16.8 Å². The molecule has 4 aromatic rings. The van der Waals surface area contributed by atoms with Crippen molar-refractivity contribution in [3.8, 4) is 22.6 Å². The molecule has 2 aliphatic carbocycles. The fourth-order valence-corrected chi connectivity index (χ4v) is 6.02. The summed E-state index contributed by atoms with van der Waals surface area (Å²) in [5.41, 5.74) is 4.65. The number of nitrogens with zero attached hydrogens (tertiary/aromatic N) is 5. The van der Waals surface area contributed by atoms with E-state index in [-0.39, 0.29) is 22.8 Å². The van der Waals surface area contributed by atoms with E-state index in [2.05, 4.69) is 27.5 Å². The van der Waals surface area contributed by atoms with Gasteiger partial charge in [-0.1, -0.05) is 35.9 Å². The summed E-state index contributed by atoms with van der Waals surface area (Å²) >= 11 is 6.36. The molecule has 0 saturated heterocycles. The Labute approximate surface area is 226 Å². The molecule has 2 aromatic heterocycles. The molecule has 2 unspecified atom stereocenters. The number of carboxylic acid groups (broad SMARTS) is 1. The molecule has 4 atom stereocenters. The first-order valence-electron chi connectivity index (χ1n) is 13.1. The van der Waals surface area contributed by atoms with Crippen LogP contribution >= 0.6 is 11.6 Å². The van der Waals surface area contributed by atoms with Crippen molar-refractivity contribution in [2.45, 2.75) is 49.3 Å². The van der Waals surface area contributed by atoms with E-state index >= 15 is 0 Å². The van der Waals surface area contributed by atoms with Gasteiger partial charge in [0, 0.05) is 30.5 Å². The number of alkyl halides is 1. The highest BCUT2D eigenvalue weighted by Gasteiger charge is 2.46. The number of ether oxygens (including phenoxy) is 1. The zero-order valence-corrected chi connectivity index (χ0v) is 22.0. The summed E-state index contributed by atoms with van der Waals surface area (Å²) in [4.78, 5) is 12.1. The number of hydrogen-bond acceptors (Lipinski definition) is 5. The van der Waals surface area contributed by atoms with Crippen LogP contribution in [0.2, 0.25) is 0 Å². The van der Waals surface area contributed by atoms with E-state index in [1.54, 1.807) is 9.36 Å². The number of benzene rings is 2. The van der Waals surface area contributed by atoms with Crippen LogP contribution in [0.1, 0.15) is 65.7 Å². The van der Waals surface area contributed by atoms with Crippen LogP contribution in [0, 0.1) is 5.92 Å².